The summed E-state index contributed by atoms with van der Waals surface area (Å²) >= 11 is 13.7. The van der Waals surface area contributed by atoms with E-state index >= 15 is 0 Å². The Kier molecular flexibility index (Phi) is 4.45. The minimum absolute atomic E-state index is 0.420. The van der Waals surface area contributed by atoms with Crippen LogP contribution in [0.15, 0.2) is 17.5 Å². The number of thiazole rings is 1. The summed E-state index contributed by atoms with van der Waals surface area (Å²) in [6.07, 6.45) is 0. The second-order valence-corrected chi connectivity index (χ2v) is 5.31. The number of nitrogens with zero attached hydrogens (tertiary/aromatic N) is 1. The van der Waals surface area contributed by atoms with Crippen molar-refractivity contribution in [1.82, 2.24) is 4.98 Å². The molecule has 0 fully saturated rings. The van der Waals surface area contributed by atoms with Crippen LogP contribution in [0.2, 0.25) is 10.0 Å². The van der Waals surface area contributed by atoms with Crippen LogP contribution in [0.4, 0.5) is 0 Å². The molecular formula is C12H12Cl2N2OS. The van der Waals surface area contributed by atoms with E-state index in [0.717, 1.165) is 16.3 Å². The van der Waals surface area contributed by atoms with Crippen LogP contribution in [0.3, 0.4) is 0 Å². The summed E-state index contributed by atoms with van der Waals surface area (Å²) in [6.45, 7) is 2.85. The van der Waals surface area contributed by atoms with Gasteiger partial charge in [-0.3, -0.25) is 0 Å². The monoisotopic (exact) mass is 302 g/mol. The van der Waals surface area contributed by atoms with Gasteiger partial charge in [-0.05, 0) is 19.1 Å². The molecule has 0 saturated carbocycles. The fraction of sp³-hybridized carbons (Fsp3) is 0.250. The zero-order valence-corrected chi connectivity index (χ0v) is 12.1. The van der Waals surface area contributed by atoms with E-state index in [1.807, 2.05) is 12.3 Å². The summed E-state index contributed by atoms with van der Waals surface area (Å²) in [7, 11) is 0. The summed E-state index contributed by atoms with van der Waals surface area (Å²) in [4.78, 5) is 4.42. The van der Waals surface area contributed by atoms with Crippen LogP contribution in [-0.2, 0) is 6.54 Å². The van der Waals surface area contributed by atoms with E-state index in [9.17, 15) is 0 Å². The molecule has 0 aliphatic rings. The molecule has 6 heteroatoms. The Bertz CT molecular complexity index is 557. The van der Waals surface area contributed by atoms with Crippen molar-refractivity contribution in [1.29, 1.82) is 0 Å². The molecule has 0 saturated heterocycles. The Labute approximate surface area is 120 Å². The van der Waals surface area contributed by atoms with Crippen LogP contribution in [0.25, 0.3) is 11.3 Å². The lowest BCUT2D eigenvalue weighted by Crippen LogP contribution is -1.97. The predicted octanol–water partition coefficient (Wildman–Crippen LogP) is 3.97. The van der Waals surface area contributed by atoms with Crippen LogP contribution in [0.5, 0.6) is 5.75 Å². The summed E-state index contributed by atoms with van der Waals surface area (Å²) in [5.74, 6) is 0.609. The van der Waals surface area contributed by atoms with Gasteiger partial charge in [0.05, 0.1) is 17.3 Å². The largest absolute Gasteiger partial charge is 0.492 e. The lowest BCUT2D eigenvalue weighted by atomic mass is 10.1. The van der Waals surface area contributed by atoms with E-state index < -0.39 is 0 Å². The Hall–Kier alpha value is -0.810. The minimum atomic E-state index is 0.420. The average Bonchev–Trinajstić information content (AvgIpc) is 2.81. The van der Waals surface area contributed by atoms with E-state index in [1.54, 1.807) is 12.1 Å². The van der Waals surface area contributed by atoms with Crippen LogP contribution in [0.1, 0.15) is 11.9 Å². The highest BCUT2D eigenvalue weighted by molar-refractivity contribution is 7.09. The van der Waals surface area contributed by atoms with Gasteiger partial charge in [0.15, 0.2) is 0 Å². The van der Waals surface area contributed by atoms with E-state index in [2.05, 4.69) is 4.98 Å². The quantitative estimate of drug-likeness (QED) is 0.929. The zero-order valence-electron chi connectivity index (χ0n) is 9.74. The van der Waals surface area contributed by atoms with Crippen molar-refractivity contribution in [2.75, 3.05) is 6.61 Å². The molecule has 0 atom stereocenters. The summed E-state index contributed by atoms with van der Waals surface area (Å²) in [5.41, 5.74) is 7.14. The molecule has 0 bridgehead atoms. The van der Waals surface area contributed by atoms with Crippen molar-refractivity contribution in [2.24, 2.45) is 5.73 Å². The third kappa shape index (κ3) is 2.78. The number of ether oxygens (including phenoxy) is 1. The van der Waals surface area contributed by atoms with Gasteiger partial charge in [-0.2, -0.15) is 0 Å². The van der Waals surface area contributed by atoms with Crippen molar-refractivity contribution in [3.63, 3.8) is 0 Å². The molecular weight excluding hydrogens is 291 g/mol. The second kappa shape index (κ2) is 5.89. The van der Waals surface area contributed by atoms with Crippen molar-refractivity contribution in [3.05, 3.63) is 32.6 Å². The number of benzene rings is 1. The first-order valence-electron chi connectivity index (χ1n) is 5.42. The van der Waals surface area contributed by atoms with Gasteiger partial charge >= 0.3 is 0 Å². The van der Waals surface area contributed by atoms with Crippen LogP contribution >= 0.6 is 34.5 Å². The Morgan fingerprint density at radius 1 is 1.39 bits per heavy atom. The molecule has 2 N–H and O–H groups in total. The third-order valence-electron chi connectivity index (χ3n) is 2.30. The molecule has 0 spiro atoms. The topological polar surface area (TPSA) is 48.1 Å². The SMILES string of the molecule is CCOc1c(Cl)cc(Cl)cc1-c1csc(CN)n1. The van der Waals surface area contributed by atoms with Crippen LogP contribution in [-0.4, -0.2) is 11.6 Å². The maximum atomic E-state index is 6.15. The van der Waals surface area contributed by atoms with Crippen molar-refractivity contribution in [2.45, 2.75) is 13.5 Å². The number of hydrogen-bond acceptors (Lipinski definition) is 4. The highest BCUT2D eigenvalue weighted by Gasteiger charge is 2.14. The highest BCUT2D eigenvalue weighted by Crippen LogP contribution is 2.39. The van der Waals surface area contributed by atoms with E-state index in [0.29, 0.717) is 28.9 Å². The van der Waals surface area contributed by atoms with Gasteiger partial charge in [0.1, 0.15) is 10.8 Å². The first-order valence-corrected chi connectivity index (χ1v) is 7.06. The standard InChI is InChI=1S/C12H12Cl2N2OS/c1-2-17-12-8(3-7(13)4-9(12)14)10-6-18-11(5-15)16-10/h3-4,6H,2,5,15H2,1H3. The van der Waals surface area contributed by atoms with E-state index in [1.165, 1.54) is 11.3 Å². The molecule has 96 valence electrons. The molecule has 18 heavy (non-hydrogen) atoms. The first-order chi connectivity index (χ1) is 8.65. The van der Waals surface area contributed by atoms with Crippen molar-refractivity contribution < 1.29 is 4.74 Å². The first kappa shape index (κ1) is 13.6. The Morgan fingerprint density at radius 2 is 2.17 bits per heavy atom. The van der Waals surface area contributed by atoms with Gasteiger partial charge in [-0.1, -0.05) is 23.2 Å². The molecule has 2 rings (SSSR count). The van der Waals surface area contributed by atoms with E-state index in [4.69, 9.17) is 33.7 Å². The van der Waals surface area contributed by atoms with Gasteiger partial charge in [-0.15, -0.1) is 11.3 Å². The highest BCUT2D eigenvalue weighted by atomic mass is 35.5. The fourth-order valence-corrected chi connectivity index (χ4v) is 2.79. The van der Waals surface area contributed by atoms with E-state index in [-0.39, 0.29) is 0 Å². The molecule has 1 heterocycles. The molecule has 0 aliphatic carbocycles. The number of hydrogen-bond donors (Lipinski definition) is 1. The van der Waals surface area contributed by atoms with Gasteiger partial charge in [0, 0.05) is 22.5 Å². The molecule has 1 aromatic carbocycles. The smallest absolute Gasteiger partial charge is 0.147 e. The van der Waals surface area contributed by atoms with Crippen molar-refractivity contribution >= 4 is 34.5 Å². The zero-order chi connectivity index (χ0) is 13.1. The lowest BCUT2D eigenvalue weighted by molar-refractivity contribution is 0.342. The summed E-state index contributed by atoms with van der Waals surface area (Å²) in [6, 6.07) is 3.46. The summed E-state index contributed by atoms with van der Waals surface area (Å²) < 4.78 is 5.56. The maximum absolute atomic E-state index is 6.15. The summed E-state index contributed by atoms with van der Waals surface area (Å²) in [5, 5.41) is 3.83. The van der Waals surface area contributed by atoms with Gasteiger partial charge in [-0.25, -0.2) is 4.98 Å². The molecule has 0 unspecified atom stereocenters. The average molecular weight is 303 g/mol. The van der Waals surface area contributed by atoms with Gasteiger partial charge < -0.3 is 10.5 Å². The Morgan fingerprint density at radius 3 is 2.78 bits per heavy atom. The second-order valence-electron chi connectivity index (χ2n) is 3.53. The van der Waals surface area contributed by atoms with Crippen LogP contribution < -0.4 is 10.5 Å². The van der Waals surface area contributed by atoms with Crippen LogP contribution in [0, 0.1) is 0 Å². The molecule has 0 radical (unpaired) electrons. The number of aromatic nitrogens is 1. The number of halogens is 2. The molecule has 0 aliphatic heterocycles. The minimum Gasteiger partial charge on any atom is -0.492 e. The van der Waals surface area contributed by atoms with Crippen molar-refractivity contribution in [3.8, 4) is 17.0 Å². The lowest BCUT2D eigenvalue weighted by Gasteiger charge is -2.11. The predicted molar refractivity (Wildman–Crippen MR) is 76.6 cm³/mol. The van der Waals surface area contributed by atoms with Gasteiger partial charge in [0.25, 0.3) is 0 Å². The fourth-order valence-electron chi connectivity index (χ4n) is 1.57. The van der Waals surface area contributed by atoms with Gasteiger partial charge in [0.2, 0.25) is 0 Å². The normalized spacial score (nSPS) is 10.7. The molecule has 0 amide bonds. The number of nitrogens with two attached hydrogens (primary N) is 1. The number of rotatable bonds is 4. The molecule has 3 nitrogen and oxygen atoms in total. The maximum Gasteiger partial charge on any atom is 0.147 e. The molecule has 2 aromatic rings. The molecule has 1 aromatic heterocycles. The Balaban J connectivity index is 2.53. The third-order valence-corrected chi connectivity index (χ3v) is 3.67.